The average molecular weight is 202 g/mol. The summed E-state index contributed by atoms with van der Waals surface area (Å²) < 4.78 is 0. The fraction of sp³-hybridized carbons (Fsp3) is 0.900. The normalized spacial score (nSPS) is 14.2. The van der Waals surface area contributed by atoms with Crippen LogP contribution in [0.5, 0.6) is 0 Å². The molecule has 0 aromatic rings. The van der Waals surface area contributed by atoms with Crippen molar-refractivity contribution < 1.29 is 9.90 Å². The molecule has 1 amide bonds. The van der Waals surface area contributed by atoms with Crippen LogP contribution in [-0.4, -0.2) is 29.2 Å². The van der Waals surface area contributed by atoms with E-state index in [4.69, 9.17) is 5.73 Å². The first-order chi connectivity index (χ1) is 6.22. The molecule has 0 rings (SSSR count). The number of amides is 1. The molecule has 4 heteroatoms. The van der Waals surface area contributed by atoms with Crippen LogP contribution < -0.4 is 11.1 Å². The van der Waals surface area contributed by atoms with E-state index in [0.717, 1.165) is 0 Å². The Morgan fingerprint density at radius 1 is 1.50 bits per heavy atom. The minimum absolute atomic E-state index is 0.103. The molecule has 0 aliphatic carbocycles. The van der Waals surface area contributed by atoms with Crippen LogP contribution in [0.2, 0.25) is 0 Å². The van der Waals surface area contributed by atoms with Gasteiger partial charge in [-0.25, -0.2) is 0 Å². The molecular formula is C10H22N2O2. The molecule has 0 saturated carbocycles. The molecule has 14 heavy (non-hydrogen) atoms. The fourth-order valence-corrected chi connectivity index (χ4v) is 0.837. The quantitative estimate of drug-likeness (QED) is 0.598. The van der Waals surface area contributed by atoms with Crippen molar-refractivity contribution in [2.45, 2.75) is 45.8 Å². The maximum atomic E-state index is 11.3. The number of aliphatic hydroxyl groups is 1. The van der Waals surface area contributed by atoms with E-state index in [9.17, 15) is 9.90 Å². The van der Waals surface area contributed by atoms with E-state index >= 15 is 0 Å². The van der Waals surface area contributed by atoms with Crippen molar-refractivity contribution in [3.63, 3.8) is 0 Å². The summed E-state index contributed by atoms with van der Waals surface area (Å²) >= 11 is 0. The van der Waals surface area contributed by atoms with Crippen LogP contribution in [0, 0.1) is 5.92 Å². The zero-order valence-corrected chi connectivity index (χ0v) is 9.50. The van der Waals surface area contributed by atoms with Crippen LogP contribution in [-0.2, 0) is 4.79 Å². The lowest BCUT2D eigenvalue weighted by Crippen LogP contribution is -2.41. The largest absolute Gasteiger partial charge is 0.389 e. The third-order valence-electron chi connectivity index (χ3n) is 2.00. The van der Waals surface area contributed by atoms with Crippen molar-refractivity contribution in [1.29, 1.82) is 0 Å². The summed E-state index contributed by atoms with van der Waals surface area (Å²) in [6.07, 6.45) is 0.313. The monoisotopic (exact) mass is 202 g/mol. The summed E-state index contributed by atoms with van der Waals surface area (Å²) in [5.74, 6) is 0.191. The van der Waals surface area contributed by atoms with Crippen LogP contribution in [0.1, 0.15) is 34.1 Å². The van der Waals surface area contributed by atoms with Crippen molar-refractivity contribution in [3.8, 4) is 0 Å². The Labute approximate surface area is 85.9 Å². The van der Waals surface area contributed by atoms with Crippen molar-refractivity contribution in [1.82, 2.24) is 5.32 Å². The Hall–Kier alpha value is -0.610. The van der Waals surface area contributed by atoms with Gasteiger partial charge >= 0.3 is 0 Å². The minimum atomic E-state index is -0.864. The molecule has 4 N–H and O–H groups in total. The number of nitrogens with one attached hydrogen (secondary N) is 1. The van der Waals surface area contributed by atoms with E-state index in [1.54, 1.807) is 13.8 Å². The van der Waals surface area contributed by atoms with E-state index in [1.165, 1.54) is 0 Å². The third kappa shape index (κ3) is 6.86. The molecule has 84 valence electrons. The third-order valence-corrected chi connectivity index (χ3v) is 2.00. The lowest BCUT2D eigenvalue weighted by molar-refractivity contribution is -0.122. The Morgan fingerprint density at radius 3 is 2.36 bits per heavy atom. The highest BCUT2D eigenvalue weighted by Gasteiger charge is 2.16. The van der Waals surface area contributed by atoms with Gasteiger partial charge in [-0.1, -0.05) is 13.8 Å². The number of carbonyl (C=O) groups is 1. The standard InChI is InChI=1S/C10H22N2O2/c1-7(2)8(11)5-9(13)12-6-10(3,4)14/h7-8,14H,5-6,11H2,1-4H3,(H,12,13). The number of rotatable bonds is 5. The Kier molecular flexibility index (Phi) is 5.08. The molecule has 0 saturated heterocycles. The summed E-state index contributed by atoms with van der Waals surface area (Å²) in [6.45, 7) is 7.52. The van der Waals surface area contributed by atoms with Crippen molar-refractivity contribution in [2.24, 2.45) is 11.7 Å². The first-order valence-corrected chi connectivity index (χ1v) is 4.97. The molecule has 0 bridgehead atoms. The van der Waals surface area contributed by atoms with Gasteiger partial charge in [0.25, 0.3) is 0 Å². The van der Waals surface area contributed by atoms with E-state index < -0.39 is 5.60 Å². The lowest BCUT2D eigenvalue weighted by atomic mass is 10.0. The van der Waals surface area contributed by atoms with Gasteiger partial charge in [0, 0.05) is 19.0 Å². The van der Waals surface area contributed by atoms with Gasteiger partial charge in [-0.2, -0.15) is 0 Å². The number of hydrogen-bond donors (Lipinski definition) is 3. The smallest absolute Gasteiger partial charge is 0.221 e. The predicted octanol–water partition coefficient (Wildman–Crippen LogP) is 0.247. The lowest BCUT2D eigenvalue weighted by Gasteiger charge is -2.19. The summed E-state index contributed by atoms with van der Waals surface area (Å²) in [5, 5.41) is 12.0. The average Bonchev–Trinajstić information content (AvgIpc) is 1.99. The minimum Gasteiger partial charge on any atom is -0.389 e. The zero-order valence-electron chi connectivity index (χ0n) is 9.50. The van der Waals surface area contributed by atoms with E-state index in [2.05, 4.69) is 5.32 Å². The van der Waals surface area contributed by atoms with Crippen molar-refractivity contribution in [3.05, 3.63) is 0 Å². The van der Waals surface area contributed by atoms with Gasteiger partial charge in [0.1, 0.15) is 0 Å². The second-order valence-electron chi connectivity index (χ2n) is 4.70. The molecular weight excluding hydrogens is 180 g/mol. The van der Waals surface area contributed by atoms with Gasteiger partial charge in [-0.05, 0) is 19.8 Å². The molecule has 1 atom stereocenters. The van der Waals surface area contributed by atoms with Crippen LogP contribution in [0.3, 0.4) is 0 Å². The molecule has 4 nitrogen and oxygen atoms in total. The van der Waals surface area contributed by atoms with Gasteiger partial charge < -0.3 is 16.2 Å². The molecule has 0 radical (unpaired) electrons. The molecule has 0 heterocycles. The highest BCUT2D eigenvalue weighted by atomic mass is 16.3. The second-order valence-corrected chi connectivity index (χ2v) is 4.70. The topological polar surface area (TPSA) is 75.4 Å². The van der Waals surface area contributed by atoms with Crippen LogP contribution in [0.25, 0.3) is 0 Å². The van der Waals surface area contributed by atoms with Gasteiger partial charge in [0.2, 0.25) is 5.91 Å². The second kappa shape index (κ2) is 5.32. The molecule has 0 aliphatic rings. The Morgan fingerprint density at radius 2 is 2.00 bits per heavy atom. The van der Waals surface area contributed by atoms with Gasteiger partial charge in [0.05, 0.1) is 5.60 Å². The summed E-state index contributed by atoms with van der Waals surface area (Å²) in [5.41, 5.74) is 4.87. The SMILES string of the molecule is CC(C)C(N)CC(=O)NCC(C)(C)O. The maximum Gasteiger partial charge on any atom is 0.221 e. The molecule has 0 aliphatic heterocycles. The predicted molar refractivity (Wildman–Crippen MR) is 56.7 cm³/mol. The van der Waals surface area contributed by atoms with E-state index in [1.807, 2.05) is 13.8 Å². The highest BCUT2D eigenvalue weighted by molar-refractivity contribution is 5.76. The van der Waals surface area contributed by atoms with Crippen molar-refractivity contribution >= 4 is 5.91 Å². The molecule has 0 fully saturated rings. The van der Waals surface area contributed by atoms with Crippen LogP contribution in [0.4, 0.5) is 0 Å². The maximum absolute atomic E-state index is 11.3. The zero-order chi connectivity index (χ0) is 11.4. The number of nitrogens with two attached hydrogens (primary N) is 1. The fourth-order valence-electron chi connectivity index (χ4n) is 0.837. The molecule has 0 aromatic carbocycles. The summed E-state index contributed by atoms with van der Waals surface area (Å²) in [4.78, 5) is 11.3. The Bertz CT molecular complexity index is 185. The van der Waals surface area contributed by atoms with E-state index in [0.29, 0.717) is 12.3 Å². The summed E-state index contributed by atoms with van der Waals surface area (Å²) in [6, 6.07) is -0.114. The van der Waals surface area contributed by atoms with Crippen LogP contribution >= 0.6 is 0 Å². The Balaban J connectivity index is 3.77. The summed E-state index contributed by atoms with van der Waals surface area (Å²) in [7, 11) is 0. The van der Waals surface area contributed by atoms with E-state index in [-0.39, 0.29) is 18.5 Å². The first-order valence-electron chi connectivity index (χ1n) is 4.97. The van der Waals surface area contributed by atoms with Gasteiger partial charge in [-0.15, -0.1) is 0 Å². The molecule has 1 unspecified atom stereocenters. The number of carbonyl (C=O) groups excluding carboxylic acids is 1. The van der Waals surface area contributed by atoms with Crippen molar-refractivity contribution in [2.75, 3.05) is 6.54 Å². The number of hydrogen-bond acceptors (Lipinski definition) is 3. The highest BCUT2D eigenvalue weighted by Crippen LogP contribution is 2.03. The molecule has 0 spiro atoms. The van der Waals surface area contributed by atoms with Gasteiger partial charge in [-0.3, -0.25) is 4.79 Å². The van der Waals surface area contributed by atoms with Crippen LogP contribution in [0.15, 0.2) is 0 Å². The first kappa shape index (κ1) is 13.4. The van der Waals surface area contributed by atoms with Gasteiger partial charge in [0.15, 0.2) is 0 Å². The molecule has 0 aromatic heterocycles.